The predicted molar refractivity (Wildman–Crippen MR) is 78.1 cm³/mol. The Morgan fingerprint density at radius 2 is 1.84 bits per heavy atom. The van der Waals surface area contributed by atoms with Gasteiger partial charge in [0, 0.05) is 12.5 Å². The monoisotopic (exact) mass is 263 g/mol. The summed E-state index contributed by atoms with van der Waals surface area (Å²) in [5, 5.41) is 8.64. The van der Waals surface area contributed by atoms with E-state index in [1.165, 1.54) is 5.56 Å². The highest BCUT2D eigenvalue weighted by molar-refractivity contribution is 5.66. The molecule has 0 aliphatic carbocycles. The standard InChI is InChI=1S/C16H25NO2/c1-13(2)16(14-9-5-4-6-10-14)17(3)12-8-7-11-15(18)19/h4-6,9-10,13,16H,7-8,11-12H2,1-3H3,(H,18,19). The van der Waals surface area contributed by atoms with Crippen LogP contribution in [0.3, 0.4) is 0 Å². The number of aliphatic carboxylic acids is 1. The average Bonchev–Trinajstić information content (AvgIpc) is 2.35. The number of unbranched alkanes of at least 4 members (excludes halogenated alkanes) is 1. The minimum atomic E-state index is -0.703. The Bertz CT molecular complexity index is 376. The lowest BCUT2D eigenvalue weighted by molar-refractivity contribution is -0.137. The number of rotatable bonds is 8. The molecule has 106 valence electrons. The molecule has 0 saturated heterocycles. The summed E-state index contributed by atoms with van der Waals surface area (Å²) in [6.45, 7) is 5.39. The van der Waals surface area contributed by atoms with Crippen LogP contribution < -0.4 is 0 Å². The minimum Gasteiger partial charge on any atom is -0.481 e. The van der Waals surface area contributed by atoms with Crippen LogP contribution in [0.15, 0.2) is 30.3 Å². The van der Waals surface area contributed by atoms with Gasteiger partial charge in [0.15, 0.2) is 0 Å². The first-order chi connectivity index (χ1) is 9.02. The molecule has 1 N–H and O–H groups in total. The van der Waals surface area contributed by atoms with Crippen molar-refractivity contribution in [3.05, 3.63) is 35.9 Å². The molecule has 0 spiro atoms. The number of hydrogen-bond acceptors (Lipinski definition) is 2. The summed E-state index contributed by atoms with van der Waals surface area (Å²) in [5.41, 5.74) is 1.33. The highest BCUT2D eigenvalue weighted by Crippen LogP contribution is 2.27. The van der Waals surface area contributed by atoms with Crippen molar-refractivity contribution in [3.63, 3.8) is 0 Å². The Hall–Kier alpha value is -1.35. The SMILES string of the molecule is CC(C)C(c1ccccc1)N(C)CCCCC(=O)O. The number of carbonyl (C=O) groups is 1. The summed E-state index contributed by atoms with van der Waals surface area (Å²) in [6, 6.07) is 10.9. The first-order valence-electron chi connectivity index (χ1n) is 6.99. The van der Waals surface area contributed by atoms with Gasteiger partial charge in [-0.3, -0.25) is 9.69 Å². The predicted octanol–water partition coefficient (Wildman–Crippen LogP) is 3.57. The van der Waals surface area contributed by atoms with Gasteiger partial charge in [-0.15, -0.1) is 0 Å². The van der Waals surface area contributed by atoms with E-state index in [2.05, 4.69) is 50.1 Å². The second-order valence-corrected chi connectivity index (χ2v) is 5.43. The Morgan fingerprint density at radius 3 is 2.37 bits per heavy atom. The van der Waals surface area contributed by atoms with E-state index < -0.39 is 5.97 Å². The van der Waals surface area contributed by atoms with Gasteiger partial charge in [0.1, 0.15) is 0 Å². The Kier molecular flexibility index (Phi) is 6.57. The molecule has 0 bridgehead atoms. The van der Waals surface area contributed by atoms with E-state index in [9.17, 15) is 4.79 Å². The van der Waals surface area contributed by atoms with Gasteiger partial charge in [-0.05, 0) is 37.9 Å². The summed E-state index contributed by atoms with van der Waals surface area (Å²) in [5.74, 6) is -0.169. The molecule has 1 aromatic carbocycles. The molecular weight excluding hydrogens is 238 g/mol. The summed E-state index contributed by atoms with van der Waals surface area (Å²) < 4.78 is 0. The smallest absolute Gasteiger partial charge is 0.303 e. The van der Waals surface area contributed by atoms with Crippen LogP contribution in [0.5, 0.6) is 0 Å². The molecule has 0 heterocycles. The van der Waals surface area contributed by atoms with Gasteiger partial charge in [0.05, 0.1) is 0 Å². The van der Waals surface area contributed by atoms with Crippen LogP contribution in [0.2, 0.25) is 0 Å². The van der Waals surface area contributed by atoms with Crippen molar-refractivity contribution in [3.8, 4) is 0 Å². The second kappa shape index (κ2) is 7.95. The van der Waals surface area contributed by atoms with E-state index in [1.54, 1.807) is 0 Å². The molecule has 0 saturated carbocycles. The summed E-state index contributed by atoms with van der Waals surface area (Å²) in [6.07, 6.45) is 1.95. The quantitative estimate of drug-likeness (QED) is 0.729. The van der Waals surface area contributed by atoms with Crippen molar-refractivity contribution in [2.45, 2.75) is 39.2 Å². The fraction of sp³-hybridized carbons (Fsp3) is 0.562. The average molecular weight is 263 g/mol. The zero-order valence-corrected chi connectivity index (χ0v) is 12.2. The highest BCUT2D eigenvalue weighted by Gasteiger charge is 2.19. The molecule has 1 atom stereocenters. The zero-order valence-electron chi connectivity index (χ0n) is 12.2. The Balaban J connectivity index is 2.55. The summed E-state index contributed by atoms with van der Waals surface area (Å²) in [7, 11) is 2.12. The molecule has 0 aromatic heterocycles. The molecule has 1 aromatic rings. The fourth-order valence-electron chi connectivity index (χ4n) is 2.58. The van der Waals surface area contributed by atoms with E-state index in [4.69, 9.17) is 5.11 Å². The summed E-state index contributed by atoms with van der Waals surface area (Å²) in [4.78, 5) is 12.8. The maximum Gasteiger partial charge on any atom is 0.303 e. The van der Waals surface area contributed by atoms with Crippen LogP contribution in [0.4, 0.5) is 0 Å². The number of carboxylic acids is 1. The minimum absolute atomic E-state index is 0.269. The van der Waals surface area contributed by atoms with Crippen molar-refractivity contribution < 1.29 is 9.90 Å². The molecule has 19 heavy (non-hydrogen) atoms. The molecule has 0 fully saturated rings. The van der Waals surface area contributed by atoms with Crippen LogP contribution in [0.1, 0.15) is 44.7 Å². The van der Waals surface area contributed by atoms with E-state index in [0.717, 1.165) is 19.4 Å². The van der Waals surface area contributed by atoms with Crippen LogP contribution in [0, 0.1) is 5.92 Å². The number of nitrogens with zero attached hydrogens (tertiary/aromatic N) is 1. The van der Waals surface area contributed by atoms with Gasteiger partial charge in [-0.1, -0.05) is 44.2 Å². The van der Waals surface area contributed by atoms with Gasteiger partial charge in [0.25, 0.3) is 0 Å². The van der Waals surface area contributed by atoms with Crippen molar-refractivity contribution in [1.29, 1.82) is 0 Å². The highest BCUT2D eigenvalue weighted by atomic mass is 16.4. The van der Waals surface area contributed by atoms with Gasteiger partial charge < -0.3 is 5.11 Å². The molecular formula is C16H25NO2. The molecule has 3 heteroatoms. The third-order valence-electron chi connectivity index (χ3n) is 3.40. The zero-order chi connectivity index (χ0) is 14.3. The molecule has 0 aliphatic heterocycles. The largest absolute Gasteiger partial charge is 0.481 e. The summed E-state index contributed by atoms with van der Waals surface area (Å²) >= 11 is 0. The van der Waals surface area contributed by atoms with Crippen molar-refractivity contribution >= 4 is 5.97 Å². The topological polar surface area (TPSA) is 40.5 Å². The molecule has 0 aliphatic rings. The number of benzene rings is 1. The molecule has 1 rings (SSSR count). The number of hydrogen-bond donors (Lipinski definition) is 1. The third kappa shape index (κ3) is 5.43. The maximum atomic E-state index is 10.5. The van der Waals surface area contributed by atoms with E-state index >= 15 is 0 Å². The Labute approximate surface area is 116 Å². The van der Waals surface area contributed by atoms with Gasteiger partial charge >= 0.3 is 5.97 Å². The molecule has 0 amide bonds. The first kappa shape index (κ1) is 15.7. The van der Waals surface area contributed by atoms with E-state index in [-0.39, 0.29) is 6.42 Å². The first-order valence-corrected chi connectivity index (χ1v) is 6.99. The van der Waals surface area contributed by atoms with Crippen LogP contribution in [0.25, 0.3) is 0 Å². The van der Waals surface area contributed by atoms with Crippen molar-refractivity contribution in [1.82, 2.24) is 4.90 Å². The van der Waals surface area contributed by atoms with E-state index in [1.807, 2.05) is 6.07 Å². The lowest BCUT2D eigenvalue weighted by Crippen LogP contribution is -2.29. The van der Waals surface area contributed by atoms with E-state index in [0.29, 0.717) is 12.0 Å². The lowest BCUT2D eigenvalue weighted by Gasteiger charge is -2.31. The molecule has 3 nitrogen and oxygen atoms in total. The molecule has 1 unspecified atom stereocenters. The second-order valence-electron chi connectivity index (χ2n) is 5.43. The lowest BCUT2D eigenvalue weighted by atomic mass is 9.94. The van der Waals surface area contributed by atoms with Crippen LogP contribution >= 0.6 is 0 Å². The van der Waals surface area contributed by atoms with Gasteiger partial charge in [-0.25, -0.2) is 0 Å². The van der Waals surface area contributed by atoms with Gasteiger partial charge in [0.2, 0.25) is 0 Å². The van der Waals surface area contributed by atoms with Crippen LogP contribution in [-0.4, -0.2) is 29.6 Å². The Morgan fingerprint density at radius 1 is 1.21 bits per heavy atom. The fourth-order valence-corrected chi connectivity index (χ4v) is 2.58. The van der Waals surface area contributed by atoms with Crippen molar-refractivity contribution in [2.75, 3.05) is 13.6 Å². The van der Waals surface area contributed by atoms with Gasteiger partial charge in [-0.2, -0.15) is 0 Å². The molecule has 0 radical (unpaired) electrons. The maximum absolute atomic E-state index is 10.5. The van der Waals surface area contributed by atoms with Crippen molar-refractivity contribution in [2.24, 2.45) is 5.92 Å². The number of carboxylic acid groups (broad SMARTS) is 1. The third-order valence-corrected chi connectivity index (χ3v) is 3.40. The van der Waals surface area contributed by atoms with Crippen LogP contribution in [-0.2, 0) is 4.79 Å². The normalized spacial score (nSPS) is 12.9.